The highest BCUT2D eigenvalue weighted by Gasteiger charge is 2.14. The van der Waals surface area contributed by atoms with Crippen molar-refractivity contribution in [3.05, 3.63) is 42.5 Å². The first kappa shape index (κ1) is 13.0. The van der Waals surface area contributed by atoms with Gasteiger partial charge in [0.1, 0.15) is 5.75 Å². The largest absolute Gasteiger partial charge is 0.497 e. The maximum Gasteiger partial charge on any atom is 0.156 e. The van der Waals surface area contributed by atoms with Crippen LogP contribution in [-0.4, -0.2) is 16.7 Å². The molecule has 0 fully saturated rings. The summed E-state index contributed by atoms with van der Waals surface area (Å²) in [5.41, 5.74) is 1.73. The van der Waals surface area contributed by atoms with Crippen molar-refractivity contribution in [2.24, 2.45) is 0 Å². The van der Waals surface area contributed by atoms with Crippen LogP contribution in [0, 0.1) is 11.3 Å². The molecule has 2 aromatic rings. The molecule has 1 N–H and O–H groups in total. The molecule has 0 amide bonds. The number of methoxy groups -OCH3 is 1. The molecule has 0 saturated heterocycles. The summed E-state index contributed by atoms with van der Waals surface area (Å²) < 4.78 is 7.05. The Balaban J connectivity index is 2.17. The van der Waals surface area contributed by atoms with Crippen LogP contribution in [0.2, 0.25) is 0 Å². The Morgan fingerprint density at radius 2 is 2.16 bits per heavy atom. The minimum Gasteiger partial charge on any atom is -0.497 e. The number of hydrogen-bond donors (Lipinski definition) is 1. The van der Waals surface area contributed by atoms with E-state index in [-0.39, 0.29) is 0 Å². The first-order valence-corrected chi connectivity index (χ1v) is 6.08. The van der Waals surface area contributed by atoms with Gasteiger partial charge in [-0.25, -0.2) is 4.98 Å². The summed E-state index contributed by atoms with van der Waals surface area (Å²) in [5, 5.41) is 12.5. The third-order valence-corrected chi connectivity index (χ3v) is 2.91. The number of benzene rings is 1. The molecule has 1 aromatic heterocycles. The fourth-order valence-corrected chi connectivity index (χ4v) is 1.86. The van der Waals surface area contributed by atoms with E-state index in [0.717, 1.165) is 23.7 Å². The average molecular weight is 256 g/mol. The molecule has 0 saturated carbocycles. The summed E-state index contributed by atoms with van der Waals surface area (Å²) in [7, 11) is 1.63. The fraction of sp³-hybridized carbons (Fsp3) is 0.286. The zero-order valence-corrected chi connectivity index (χ0v) is 11.0. The summed E-state index contributed by atoms with van der Waals surface area (Å²) in [6, 6.07) is 9.31. The van der Waals surface area contributed by atoms with Crippen LogP contribution in [0.15, 0.2) is 36.8 Å². The van der Waals surface area contributed by atoms with Gasteiger partial charge in [0.15, 0.2) is 6.04 Å². The zero-order valence-electron chi connectivity index (χ0n) is 11.0. The summed E-state index contributed by atoms with van der Waals surface area (Å²) in [6.45, 7) is 2.81. The molecule has 19 heavy (non-hydrogen) atoms. The van der Waals surface area contributed by atoms with Crippen LogP contribution in [-0.2, 0) is 6.54 Å². The number of nitrogens with zero attached hydrogens (tertiary/aromatic N) is 3. The van der Waals surface area contributed by atoms with Crippen LogP contribution in [0.1, 0.15) is 18.7 Å². The molecule has 1 aromatic carbocycles. The Labute approximate surface area is 112 Å². The lowest BCUT2D eigenvalue weighted by molar-refractivity contribution is 0.415. The number of rotatable bonds is 5. The second-order valence-corrected chi connectivity index (χ2v) is 4.04. The predicted octanol–water partition coefficient (Wildman–Crippen LogP) is 2.59. The van der Waals surface area contributed by atoms with Crippen molar-refractivity contribution >= 4 is 5.69 Å². The summed E-state index contributed by atoms with van der Waals surface area (Å²) in [4.78, 5) is 4.08. The lowest BCUT2D eigenvalue weighted by Gasteiger charge is -2.14. The van der Waals surface area contributed by atoms with Gasteiger partial charge in [0.05, 0.1) is 31.4 Å². The lowest BCUT2D eigenvalue weighted by atomic mass is 10.2. The van der Waals surface area contributed by atoms with E-state index < -0.39 is 6.04 Å². The Kier molecular flexibility index (Phi) is 4.04. The number of imidazole rings is 1. The van der Waals surface area contributed by atoms with Crippen molar-refractivity contribution in [2.75, 3.05) is 12.4 Å². The van der Waals surface area contributed by atoms with Gasteiger partial charge >= 0.3 is 0 Å². The van der Waals surface area contributed by atoms with E-state index in [4.69, 9.17) is 4.74 Å². The van der Waals surface area contributed by atoms with Crippen LogP contribution in [0.4, 0.5) is 5.69 Å². The van der Waals surface area contributed by atoms with Gasteiger partial charge in [0, 0.05) is 12.2 Å². The molecule has 1 atom stereocenters. The van der Waals surface area contributed by atoms with Gasteiger partial charge in [-0.15, -0.1) is 0 Å². The maximum absolute atomic E-state index is 9.30. The SMILES string of the molecule is CCn1cncc1C(C#N)Nc1ccc(OC)cc1. The molecule has 0 bridgehead atoms. The highest BCUT2D eigenvalue weighted by atomic mass is 16.5. The Bertz CT molecular complexity index is 568. The van der Waals surface area contributed by atoms with Crippen LogP contribution in [0.5, 0.6) is 5.75 Å². The number of nitrogens with one attached hydrogen (secondary N) is 1. The van der Waals surface area contributed by atoms with Crippen molar-refractivity contribution in [1.29, 1.82) is 5.26 Å². The molecule has 1 heterocycles. The van der Waals surface area contributed by atoms with E-state index in [0.29, 0.717) is 0 Å². The summed E-state index contributed by atoms with van der Waals surface area (Å²) in [6.07, 6.45) is 3.45. The predicted molar refractivity (Wildman–Crippen MR) is 72.9 cm³/mol. The second-order valence-electron chi connectivity index (χ2n) is 4.04. The minimum absolute atomic E-state index is 0.421. The number of aryl methyl sites for hydroxylation is 1. The fourth-order valence-electron chi connectivity index (χ4n) is 1.86. The van der Waals surface area contributed by atoms with E-state index in [1.807, 2.05) is 35.8 Å². The van der Waals surface area contributed by atoms with E-state index in [1.54, 1.807) is 19.6 Å². The highest BCUT2D eigenvalue weighted by Crippen LogP contribution is 2.21. The van der Waals surface area contributed by atoms with E-state index in [2.05, 4.69) is 16.4 Å². The molecular weight excluding hydrogens is 240 g/mol. The van der Waals surface area contributed by atoms with E-state index in [9.17, 15) is 5.26 Å². The van der Waals surface area contributed by atoms with Gasteiger partial charge in [-0.05, 0) is 31.2 Å². The lowest BCUT2D eigenvalue weighted by Crippen LogP contribution is -2.13. The smallest absolute Gasteiger partial charge is 0.156 e. The molecule has 1 unspecified atom stereocenters. The normalized spacial score (nSPS) is 11.6. The van der Waals surface area contributed by atoms with Crippen LogP contribution < -0.4 is 10.1 Å². The van der Waals surface area contributed by atoms with Gasteiger partial charge in [0.25, 0.3) is 0 Å². The van der Waals surface area contributed by atoms with Gasteiger partial charge in [0.2, 0.25) is 0 Å². The summed E-state index contributed by atoms with van der Waals surface area (Å²) in [5.74, 6) is 0.789. The van der Waals surface area contributed by atoms with Gasteiger partial charge < -0.3 is 14.6 Å². The molecule has 5 nitrogen and oxygen atoms in total. The molecular formula is C14H16N4O. The minimum atomic E-state index is -0.421. The van der Waals surface area contributed by atoms with Crippen molar-refractivity contribution < 1.29 is 4.74 Å². The van der Waals surface area contributed by atoms with Crippen molar-refractivity contribution in [3.8, 4) is 11.8 Å². The van der Waals surface area contributed by atoms with Crippen molar-refractivity contribution in [3.63, 3.8) is 0 Å². The van der Waals surface area contributed by atoms with Crippen molar-refractivity contribution in [1.82, 2.24) is 9.55 Å². The van der Waals surface area contributed by atoms with Crippen LogP contribution in [0.3, 0.4) is 0 Å². The summed E-state index contributed by atoms with van der Waals surface area (Å²) >= 11 is 0. The van der Waals surface area contributed by atoms with Crippen molar-refractivity contribution in [2.45, 2.75) is 19.5 Å². The second kappa shape index (κ2) is 5.91. The first-order valence-electron chi connectivity index (χ1n) is 6.08. The molecule has 98 valence electrons. The molecule has 2 rings (SSSR count). The molecule has 0 aliphatic carbocycles. The Hall–Kier alpha value is -2.48. The quantitative estimate of drug-likeness (QED) is 0.893. The van der Waals surface area contributed by atoms with E-state index >= 15 is 0 Å². The third-order valence-electron chi connectivity index (χ3n) is 2.91. The molecule has 5 heteroatoms. The van der Waals surface area contributed by atoms with Gasteiger partial charge in [-0.2, -0.15) is 5.26 Å². The average Bonchev–Trinajstić information content (AvgIpc) is 2.93. The van der Waals surface area contributed by atoms with Gasteiger partial charge in [-0.1, -0.05) is 0 Å². The standard InChI is InChI=1S/C14H16N4O/c1-3-18-10-16-9-14(18)13(8-15)17-11-4-6-12(19-2)7-5-11/h4-7,9-10,13,17H,3H2,1-2H3. The molecule has 0 spiro atoms. The van der Waals surface area contributed by atoms with Crippen LogP contribution >= 0.6 is 0 Å². The highest BCUT2D eigenvalue weighted by molar-refractivity contribution is 5.49. The maximum atomic E-state index is 9.30. The number of hydrogen-bond acceptors (Lipinski definition) is 4. The number of nitriles is 1. The van der Waals surface area contributed by atoms with Gasteiger partial charge in [-0.3, -0.25) is 0 Å². The molecule has 0 aliphatic heterocycles. The third kappa shape index (κ3) is 2.86. The monoisotopic (exact) mass is 256 g/mol. The first-order chi connectivity index (χ1) is 9.28. The number of aromatic nitrogens is 2. The van der Waals surface area contributed by atoms with Crippen LogP contribution in [0.25, 0.3) is 0 Å². The topological polar surface area (TPSA) is 62.9 Å². The Morgan fingerprint density at radius 3 is 2.74 bits per heavy atom. The molecule has 0 radical (unpaired) electrons. The number of ether oxygens (including phenoxy) is 1. The van der Waals surface area contributed by atoms with E-state index in [1.165, 1.54) is 0 Å². The zero-order chi connectivity index (χ0) is 13.7. The Morgan fingerprint density at radius 1 is 1.42 bits per heavy atom. The molecule has 0 aliphatic rings. The number of anilines is 1.